The number of rotatable bonds is 2. The van der Waals surface area contributed by atoms with Gasteiger partial charge in [-0.3, -0.25) is 4.98 Å². The first-order valence-corrected chi connectivity index (χ1v) is 7.27. The molecule has 0 fully saturated rings. The fraction of sp³-hybridized carbons (Fsp3) is 0.0526. The summed E-state index contributed by atoms with van der Waals surface area (Å²) in [5.74, 6) is 0.888. The molecule has 0 aliphatic rings. The number of para-hydroxylation sites is 1. The van der Waals surface area contributed by atoms with Crippen LogP contribution in [-0.2, 0) is 7.05 Å². The van der Waals surface area contributed by atoms with Gasteiger partial charge in [0.15, 0.2) is 5.82 Å². The predicted molar refractivity (Wildman–Crippen MR) is 89.4 cm³/mol. The van der Waals surface area contributed by atoms with E-state index in [0.717, 1.165) is 28.1 Å². The molecule has 0 saturated carbocycles. The van der Waals surface area contributed by atoms with Gasteiger partial charge in [0.2, 0.25) is 0 Å². The van der Waals surface area contributed by atoms with Gasteiger partial charge in [-0.2, -0.15) is 0 Å². The SMILES string of the molecule is Cn1c(-c2ccccn2)nc2c(-c3ccccc3)cccc21. The third-order valence-electron chi connectivity index (χ3n) is 3.89. The van der Waals surface area contributed by atoms with Crippen LogP contribution < -0.4 is 0 Å². The summed E-state index contributed by atoms with van der Waals surface area (Å²) >= 11 is 0. The highest BCUT2D eigenvalue weighted by atomic mass is 15.1. The fourth-order valence-electron chi connectivity index (χ4n) is 2.79. The molecule has 2 aromatic heterocycles. The van der Waals surface area contributed by atoms with Crippen LogP contribution in [0.25, 0.3) is 33.7 Å². The molecular weight excluding hydrogens is 270 g/mol. The van der Waals surface area contributed by atoms with Crippen LogP contribution in [-0.4, -0.2) is 14.5 Å². The number of aryl methyl sites for hydroxylation is 1. The lowest BCUT2D eigenvalue weighted by Crippen LogP contribution is -1.93. The van der Waals surface area contributed by atoms with Crippen LogP contribution in [0, 0.1) is 0 Å². The molecule has 4 aromatic rings. The number of benzene rings is 2. The Morgan fingerprint density at radius 3 is 2.41 bits per heavy atom. The average Bonchev–Trinajstić information content (AvgIpc) is 2.94. The highest BCUT2D eigenvalue weighted by molar-refractivity contribution is 5.94. The van der Waals surface area contributed by atoms with Gasteiger partial charge in [-0.1, -0.05) is 48.5 Å². The number of pyridine rings is 1. The minimum Gasteiger partial charge on any atom is -0.326 e. The lowest BCUT2D eigenvalue weighted by molar-refractivity contribution is 0.950. The molecule has 22 heavy (non-hydrogen) atoms. The molecule has 0 saturated heterocycles. The van der Waals surface area contributed by atoms with E-state index in [0.29, 0.717) is 0 Å². The van der Waals surface area contributed by atoms with Crippen LogP contribution >= 0.6 is 0 Å². The zero-order chi connectivity index (χ0) is 14.9. The minimum absolute atomic E-state index is 0.888. The molecular formula is C19H15N3. The van der Waals surface area contributed by atoms with E-state index in [1.165, 1.54) is 5.56 Å². The van der Waals surface area contributed by atoms with Gasteiger partial charge in [-0.05, 0) is 23.8 Å². The molecule has 0 bridgehead atoms. The normalized spacial score (nSPS) is 11.0. The van der Waals surface area contributed by atoms with Crippen molar-refractivity contribution >= 4 is 11.0 Å². The van der Waals surface area contributed by atoms with Gasteiger partial charge in [0.05, 0.1) is 11.0 Å². The Bertz CT molecular complexity index is 925. The van der Waals surface area contributed by atoms with E-state index in [9.17, 15) is 0 Å². The number of hydrogen-bond donors (Lipinski definition) is 0. The second-order valence-corrected chi connectivity index (χ2v) is 5.25. The van der Waals surface area contributed by atoms with Crippen molar-refractivity contribution in [2.24, 2.45) is 7.05 Å². The number of imidazole rings is 1. The van der Waals surface area contributed by atoms with E-state index in [-0.39, 0.29) is 0 Å². The maximum absolute atomic E-state index is 4.86. The number of fused-ring (bicyclic) bond motifs is 1. The molecule has 4 rings (SSSR count). The summed E-state index contributed by atoms with van der Waals surface area (Å²) in [5, 5.41) is 0. The summed E-state index contributed by atoms with van der Waals surface area (Å²) in [6, 6.07) is 22.6. The third-order valence-corrected chi connectivity index (χ3v) is 3.89. The Labute approximate surface area is 128 Å². The van der Waals surface area contributed by atoms with Gasteiger partial charge < -0.3 is 4.57 Å². The minimum atomic E-state index is 0.888. The van der Waals surface area contributed by atoms with Crippen molar-refractivity contribution in [1.29, 1.82) is 0 Å². The first-order valence-electron chi connectivity index (χ1n) is 7.27. The van der Waals surface area contributed by atoms with E-state index in [1.54, 1.807) is 6.20 Å². The summed E-state index contributed by atoms with van der Waals surface area (Å²) in [5.41, 5.74) is 5.34. The molecule has 0 spiro atoms. The van der Waals surface area contributed by atoms with Crippen LogP contribution in [0.3, 0.4) is 0 Å². The molecule has 2 heterocycles. The zero-order valence-electron chi connectivity index (χ0n) is 12.3. The summed E-state index contributed by atoms with van der Waals surface area (Å²) in [6.07, 6.45) is 1.80. The molecule has 0 amide bonds. The molecule has 0 radical (unpaired) electrons. The highest BCUT2D eigenvalue weighted by Crippen LogP contribution is 2.30. The fourth-order valence-corrected chi connectivity index (χ4v) is 2.79. The van der Waals surface area contributed by atoms with Crippen molar-refractivity contribution in [1.82, 2.24) is 14.5 Å². The van der Waals surface area contributed by atoms with E-state index < -0.39 is 0 Å². The van der Waals surface area contributed by atoms with Crippen LogP contribution in [0.4, 0.5) is 0 Å². The molecule has 0 aliphatic carbocycles. The van der Waals surface area contributed by atoms with Crippen molar-refractivity contribution in [2.75, 3.05) is 0 Å². The van der Waals surface area contributed by atoms with Crippen molar-refractivity contribution in [3.63, 3.8) is 0 Å². The Morgan fingerprint density at radius 1 is 0.818 bits per heavy atom. The number of nitrogens with zero attached hydrogens (tertiary/aromatic N) is 3. The number of aromatic nitrogens is 3. The van der Waals surface area contributed by atoms with Crippen molar-refractivity contribution in [3.8, 4) is 22.6 Å². The second kappa shape index (κ2) is 5.11. The first kappa shape index (κ1) is 12.8. The van der Waals surface area contributed by atoms with Gasteiger partial charge in [-0.15, -0.1) is 0 Å². The molecule has 0 N–H and O–H groups in total. The standard InChI is InChI=1S/C19H15N3/c1-22-17-12-7-10-15(14-8-3-2-4-9-14)18(17)21-19(22)16-11-5-6-13-20-16/h2-13H,1H3. The summed E-state index contributed by atoms with van der Waals surface area (Å²) < 4.78 is 2.10. The first-order chi connectivity index (χ1) is 10.8. The highest BCUT2D eigenvalue weighted by Gasteiger charge is 2.13. The summed E-state index contributed by atoms with van der Waals surface area (Å²) in [6.45, 7) is 0. The quantitative estimate of drug-likeness (QED) is 0.549. The summed E-state index contributed by atoms with van der Waals surface area (Å²) in [4.78, 5) is 9.28. The van der Waals surface area contributed by atoms with E-state index in [2.05, 4.69) is 52.0 Å². The Hall–Kier alpha value is -2.94. The lowest BCUT2D eigenvalue weighted by Gasteiger charge is -2.03. The molecule has 3 heteroatoms. The monoisotopic (exact) mass is 285 g/mol. The topological polar surface area (TPSA) is 30.7 Å². The van der Waals surface area contributed by atoms with Crippen molar-refractivity contribution < 1.29 is 0 Å². The maximum Gasteiger partial charge on any atom is 0.159 e. The summed E-state index contributed by atoms with van der Waals surface area (Å²) in [7, 11) is 2.04. The third kappa shape index (κ3) is 1.99. The second-order valence-electron chi connectivity index (χ2n) is 5.25. The largest absolute Gasteiger partial charge is 0.326 e. The smallest absolute Gasteiger partial charge is 0.159 e. The lowest BCUT2D eigenvalue weighted by atomic mass is 10.0. The maximum atomic E-state index is 4.86. The predicted octanol–water partition coefficient (Wildman–Crippen LogP) is 4.30. The van der Waals surface area contributed by atoms with Crippen LogP contribution in [0.1, 0.15) is 0 Å². The Balaban J connectivity index is 1.99. The molecule has 0 atom stereocenters. The average molecular weight is 285 g/mol. The molecule has 0 aliphatic heterocycles. The van der Waals surface area contributed by atoms with Crippen LogP contribution in [0.15, 0.2) is 72.9 Å². The van der Waals surface area contributed by atoms with Crippen LogP contribution in [0.2, 0.25) is 0 Å². The van der Waals surface area contributed by atoms with Crippen LogP contribution in [0.5, 0.6) is 0 Å². The van der Waals surface area contributed by atoms with Gasteiger partial charge in [0.1, 0.15) is 5.69 Å². The van der Waals surface area contributed by atoms with Crippen molar-refractivity contribution in [3.05, 3.63) is 72.9 Å². The molecule has 0 unspecified atom stereocenters. The molecule has 106 valence electrons. The zero-order valence-corrected chi connectivity index (χ0v) is 12.3. The molecule has 2 aromatic carbocycles. The Kier molecular flexibility index (Phi) is 2.97. The van der Waals surface area contributed by atoms with Gasteiger partial charge in [0.25, 0.3) is 0 Å². The van der Waals surface area contributed by atoms with Gasteiger partial charge in [-0.25, -0.2) is 4.98 Å². The van der Waals surface area contributed by atoms with E-state index in [1.807, 2.05) is 31.3 Å². The number of hydrogen-bond acceptors (Lipinski definition) is 2. The molecule has 3 nitrogen and oxygen atoms in total. The van der Waals surface area contributed by atoms with Crippen molar-refractivity contribution in [2.45, 2.75) is 0 Å². The van der Waals surface area contributed by atoms with Gasteiger partial charge in [0, 0.05) is 18.8 Å². The van der Waals surface area contributed by atoms with E-state index in [4.69, 9.17) is 4.98 Å². The Morgan fingerprint density at radius 2 is 1.64 bits per heavy atom. The van der Waals surface area contributed by atoms with Gasteiger partial charge >= 0.3 is 0 Å². The van der Waals surface area contributed by atoms with E-state index >= 15 is 0 Å².